The molecule has 2 aromatic rings. The highest BCUT2D eigenvalue weighted by atomic mass is 14.8. The fraction of sp³-hybridized carbons (Fsp3) is 0.333. The van der Waals surface area contributed by atoms with Crippen molar-refractivity contribution < 1.29 is 0 Å². The maximum absolute atomic E-state index is 6.25. The van der Waals surface area contributed by atoms with Crippen LogP contribution in [0, 0.1) is 0 Å². The first-order valence-corrected chi connectivity index (χ1v) is 6.48. The fourth-order valence-corrected chi connectivity index (χ4v) is 2.59. The number of rotatable bonds is 2. The van der Waals surface area contributed by atoms with E-state index in [0.29, 0.717) is 0 Å². The minimum atomic E-state index is -0.175. The smallest absolute Gasteiger partial charge is 0.0799 e. The number of benzene rings is 1. The lowest BCUT2D eigenvalue weighted by atomic mass is 9.89. The van der Waals surface area contributed by atoms with Crippen LogP contribution in [-0.4, -0.2) is 9.97 Å². The van der Waals surface area contributed by atoms with Crippen LogP contribution in [0.3, 0.4) is 0 Å². The first-order valence-electron chi connectivity index (χ1n) is 6.48. The Morgan fingerprint density at radius 1 is 1.06 bits per heavy atom. The van der Waals surface area contributed by atoms with Crippen molar-refractivity contribution in [3.63, 3.8) is 0 Å². The van der Waals surface area contributed by atoms with Gasteiger partial charge in [0.15, 0.2) is 0 Å². The summed E-state index contributed by atoms with van der Waals surface area (Å²) >= 11 is 0. The molecule has 92 valence electrons. The van der Waals surface area contributed by atoms with Crippen molar-refractivity contribution in [1.29, 1.82) is 0 Å². The van der Waals surface area contributed by atoms with Crippen molar-refractivity contribution in [3.05, 3.63) is 59.2 Å². The SMILES string of the molecule is NC(c1ccc2c(c1)CCCC2)c1cnccn1. The lowest BCUT2D eigenvalue weighted by molar-refractivity contribution is 0.682. The summed E-state index contributed by atoms with van der Waals surface area (Å²) in [5.41, 5.74) is 11.1. The van der Waals surface area contributed by atoms with Crippen LogP contribution in [0.4, 0.5) is 0 Å². The number of hydrogen-bond acceptors (Lipinski definition) is 3. The first kappa shape index (κ1) is 11.4. The number of hydrogen-bond donors (Lipinski definition) is 1. The summed E-state index contributed by atoms with van der Waals surface area (Å²) in [6, 6.07) is 6.42. The second-order valence-corrected chi connectivity index (χ2v) is 4.84. The van der Waals surface area contributed by atoms with Crippen LogP contribution < -0.4 is 5.73 Å². The molecule has 3 rings (SSSR count). The van der Waals surface area contributed by atoms with Crippen molar-refractivity contribution in [1.82, 2.24) is 9.97 Å². The highest BCUT2D eigenvalue weighted by molar-refractivity contribution is 5.37. The number of nitrogens with zero attached hydrogens (tertiary/aromatic N) is 2. The monoisotopic (exact) mass is 239 g/mol. The van der Waals surface area contributed by atoms with Crippen molar-refractivity contribution in [2.45, 2.75) is 31.7 Å². The van der Waals surface area contributed by atoms with Gasteiger partial charge in [-0.05, 0) is 42.4 Å². The third-order valence-electron chi connectivity index (χ3n) is 3.63. The molecule has 1 heterocycles. The summed E-state index contributed by atoms with van der Waals surface area (Å²) in [6.45, 7) is 0. The zero-order valence-corrected chi connectivity index (χ0v) is 10.3. The zero-order chi connectivity index (χ0) is 12.4. The molecular weight excluding hydrogens is 222 g/mol. The summed E-state index contributed by atoms with van der Waals surface area (Å²) in [5.74, 6) is 0. The van der Waals surface area contributed by atoms with Crippen LogP contribution in [0.25, 0.3) is 0 Å². The van der Waals surface area contributed by atoms with Gasteiger partial charge in [-0.15, -0.1) is 0 Å². The highest BCUT2D eigenvalue weighted by Gasteiger charge is 2.14. The van der Waals surface area contributed by atoms with Crippen molar-refractivity contribution in [3.8, 4) is 0 Å². The van der Waals surface area contributed by atoms with E-state index in [4.69, 9.17) is 5.73 Å². The van der Waals surface area contributed by atoms with Crippen LogP contribution >= 0.6 is 0 Å². The highest BCUT2D eigenvalue weighted by Crippen LogP contribution is 2.25. The van der Waals surface area contributed by atoms with Gasteiger partial charge in [0, 0.05) is 12.4 Å². The molecule has 1 unspecified atom stereocenters. The number of aryl methyl sites for hydroxylation is 2. The predicted octanol–water partition coefficient (Wildman–Crippen LogP) is 2.40. The molecule has 1 aromatic carbocycles. The Labute approximate surface area is 107 Å². The molecule has 0 amide bonds. The van der Waals surface area contributed by atoms with Gasteiger partial charge in [0.05, 0.1) is 17.9 Å². The molecule has 0 saturated carbocycles. The molecule has 1 aliphatic rings. The Kier molecular flexibility index (Phi) is 3.07. The van der Waals surface area contributed by atoms with Crippen LogP contribution in [0.1, 0.15) is 41.3 Å². The fourth-order valence-electron chi connectivity index (χ4n) is 2.59. The van der Waals surface area contributed by atoms with Crippen LogP contribution in [0.2, 0.25) is 0 Å². The van der Waals surface area contributed by atoms with Crippen LogP contribution in [0.5, 0.6) is 0 Å². The third-order valence-corrected chi connectivity index (χ3v) is 3.63. The Morgan fingerprint density at radius 2 is 1.89 bits per heavy atom. The predicted molar refractivity (Wildman–Crippen MR) is 71.1 cm³/mol. The van der Waals surface area contributed by atoms with Crippen LogP contribution in [0.15, 0.2) is 36.8 Å². The molecule has 18 heavy (non-hydrogen) atoms. The molecule has 3 nitrogen and oxygen atoms in total. The lowest BCUT2D eigenvalue weighted by Crippen LogP contribution is -2.15. The molecule has 0 fully saturated rings. The van der Waals surface area contributed by atoms with E-state index >= 15 is 0 Å². The molecule has 1 aromatic heterocycles. The van der Waals surface area contributed by atoms with Gasteiger partial charge in [-0.2, -0.15) is 0 Å². The van der Waals surface area contributed by atoms with E-state index in [1.807, 2.05) is 0 Å². The summed E-state index contributed by atoms with van der Waals surface area (Å²) in [7, 11) is 0. The maximum Gasteiger partial charge on any atom is 0.0799 e. The quantitative estimate of drug-likeness (QED) is 0.875. The van der Waals surface area contributed by atoms with Crippen molar-refractivity contribution in [2.24, 2.45) is 5.73 Å². The molecule has 0 bridgehead atoms. The molecule has 1 aliphatic carbocycles. The molecule has 1 atom stereocenters. The van der Waals surface area contributed by atoms with E-state index in [0.717, 1.165) is 11.3 Å². The second kappa shape index (κ2) is 4.86. The van der Waals surface area contributed by atoms with Gasteiger partial charge in [-0.3, -0.25) is 9.97 Å². The molecule has 2 N–H and O–H groups in total. The number of nitrogens with two attached hydrogens (primary N) is 1. The Morgan fingerprint density at radius 3 is 2.67 bits per heavy atom. The Hall–Kier alpha value is -1.74. The van der Waals surface area contributed by atoms with Gasteiger partial charge in [-0.25, -0.2) is 0 Å². The average molecular weight is 239 g/mol. The minimum Gasteiger partial charge on any atom is -0.319 e. The van der Waals surface area contributed by atoms with E-state index in [9.17, 15) is 0 Å². The molecular formula is C15H17N3. The maximum atomic E-state index is 6.25. The molecule has 0 spiro atoms. The summed E-state index contributed by atoms with van der Waals surface area (Å²) < 4.78 is 0. The molecule has 0 aliphatic heterocycles. The van der Waals surface area contributed by atoms with E-state index in [1.54, 1.807) is 18.6 Å². The number of aromatic nitrogens is 2. The van der Waals surface area contributed by atoms with Gasteiger partial charge in [0.2, 0.25) is 0 Å². The molecule has 0 saturated heterocycles. The minimum absolute atomic E-state index is 0.175. The van der Waals surface area contributed by atoms with Crippen molar-refractivity contribution in [2.75, 3.05) is 0 Å². The molecule has 0 radical (unpaired) electrons. The van der Waals surface area contributed by atoms with E-state index in [2.05, 4.69) is 28.2 Å². The number of fused-ring (bicyclic) bond motifs is 1. The standard InChI is InChI=1S/C15H17N3/c16-15(14-10-17-7-8-18-14)13-6-5-11-3-1-2-4-12(11)9-13/h5-10,15H,1-4,16H2. The van der Waals surface area contributed by atoms with Crippen molar-refractivity contribution >= 4 is 0 Å². The summed E-state index contributed by atoms with van der Waals surface area (Å²) in [6.07, 6.45) is 10.1. The summed E-state index contributed by atoms with van der Waals surface area (Å²) in [4.78, 5) is 8.36. The van der Waals surface area contributed by atoms with E-state index in [1.165, 1.54) is 36.8 Å². The van der Waals surface area contributed by atoms with Gasteiger partial charge in [0.1, 0.15) is 0 Å². The van der Waals surface area contributed by atoms with E-state index < -0.39 is 0 Å². The largest absolute Gasteiger partial charge is 0.319 e. The van der Waals surface area contributed by atoms with E-state index in [-0.39, 0.29) is 6.04 Å². The first-order chi connectivity index (χ1) is 8.84. The Balaban J connectivity index is 1.93. The second-order valence-electron chi connectivity index (χ2n) is 4.84. The summed E-state index contributed by atoms with van der Waals surface area (Å²) in [5, 5.41) is 0. The van der Waals surface area contributed by atoms with Crippen LogP contribution in [-0.2, 0) is 12.8 Å². The lowest BCUT2D eigenvalue weighted by Gasteiger charge is -2.18. The Bertz CT molecular complexity index is 537. The van der Waals surface area contributed by atoms with Gasteiger partial charge < -0.3 is 5.73 Å². The van der Waals surface area contributed by atoms with Gasteiger partial charge in [-0.1, -0.05) is 18.2 Å². The topological polar surface area (TPSA) is 51.8 Å². The zero-order valence-electron chi connectivity index (χ0n) is 10.3. The third kappa shape index (κ3) is 2.14. The van der Waals surface area contributed by atoms with Gasteiger partial charge >= 0.3 is 0 Å². The normalized spacial score (nSPS) is 16.1. The van der Waals surface area contributed by atoms with Gasteiger partial charge in [0.25, 0.3) is 0 Å². The average Bonchev–Trinajstić information content (AvgIpc) is 2.47. The molecule has 3 heteroatoms.